The largest absolute Gasteiger partial charge is 0.467 e. The molecule has 1 atom stereocenters. The minimum atomic E-state index is -0.552. The van der Waals surface area contributed by atoms with Gasteiger partial charge in [0.15, 0.2) is 11.5 Å². The standard InChI is InChI=1S/C16H16N4O5/c1-23-16-18-14(17-15(22)19-16)10-3-5-13(21)20(10)7-9-2-4-11-12(6-9)25-8-24-11/h2,4,6,10H,3,5,7-8H2,1H3,(H,17,18,19,22). The number of hydrogen-bond acceptors (Lipinski definition) is 7. The summed E-state index contributed by atoms with van der Waals surface area (Å²) in [5, 5.41) is 0. The summed E-state index contributed by atoms with van der Waals surface area (Å²) in [7, 11) is 1.39. The van der Waals surface area contributed by atoms with Gasteiger partial charge in [-0.15, -0.1) is 4.98 Å². The van der Waals surface area contributed by atoms with Gasteiger partial charge in [-0.3, -0.25) is 9.78 Å². The number of nitrogens with one attached hydrogen (secondary N) is 1. The molecule has 0 radical (unpaired) electrons. The second-order valence-electron chi connectivity index (χ2n) is 5.79. The van der Waals surface area contributed by atoms with Gasteiger partial charge in [0, 0.05) is 13.0 Å². The number of ether oxygens (including phenoxy) is 3. The van der Waals surface area contributed by atoms with E-state index in [1.165, 1.54) is 7.11 Å². The van der Waals surface area contributed by atoms with Gasteiger partial charge in [0.1, 0.15) is 5.82 Å². The first kappa shape index (κ1) is 15.4. The molecule has 9 heteroatoms. The smallest absolute Gasteiger partial charge is 0.351 e. The molecule has 0 saturated carbocycles. The van der Waals surface area contributed by atoms with Crippen LogP contribution in [0, 0.1) is 0 Å². The third kappa shape index (κ3) is 2.88. The number of benzene rings is 1. The molecular weight excluding hydrogens is 328 g/mol. The van der Waals surface area contributed by atoms with E-state index in [0.717, 1.165) is 5.56 Å². The highest BCUT2D eigenvalue weighted by Crippen LogP contribution is 2.36. The first-order chi connectivity index (χ1) is 12.1. The van der Waals surface area contributed by atoms with E-state index in [-0.39, 0.29) is 24.8 Å². The molecule has 1 aromatic carbocycles. The molecular formula is C16H16N4O5. The summed E-state index contributed by atoms with van der Waals surface area (Å²) in [5.41, 5.74) is 0.358. The second kappa shape index (κ2) is 6.08. The van der Waals surface area contributed by atoms with Crippen molar-refractivity contribution in [3.8, 4) is 17.5 Å². The summed E-state index contributed by atoms with van der Waals surface area (Å²) in [4.78, 5) is 36.1. The summed E-state index contributed by atoms with van der Waals surface area (Å²) in [6, 6.07) is 5.22. The fourth-order valence-electron chi connectivity index (χ4n) is 3.08. The molecule has 0 spiro atoms. The molecule has 1 fully saturated rings. The number of hydrogen-bond donors (Lipinski definition) is 1. The number of carbonyl (C=O) groups excluding carboxylic acids is 1. The summed E-state index contributed by atoms with van der Waals surface area (Å²) >= 11 is 0. The Morgan fingerprint density at radius 1 is 1.28 bits per heavy atom. The fraction of sp³-hybridized carbons (Fsp3) is 0.375. The highest BCUT2D eigenvalue weighted by molar-refractivity contribution is 5.79. The maximum atomic E-state index is 12.3. The second-order valence-corrected chi connectivity index (χ2v) is 5.79. The van der Waals surface area contributed by atoms with Crippen molar-refractivity contribution in [3.05, 3.63) is 40.1 Å². The number of methoxy groups -OCH3 is 1. The van der Waals surface area contributed by atoms with E-state index in [4.69, 9.17) is 14.2 Å². The van der Waals surface area contributed by atoms with E-state index in [1.54, 1.807) is 4.90 Å². The zero-order valence-corrected chi connectivity index (χ0v) is 13.5. The Bertz CT molecular complexity index is 881. The summed E-state index contributed by atoms with van der Waals surface area (Å²) in [6.45, 7) is 0.584. The number of nitrogens with zero attached hydrogens (tertiary/aromatic N) is 3. The van der Waals surface area contributed by atoms with Gasteiger partial charge in [0.25, 0.3) is 0 Å². The number of fused-ring (bicyclic) bond motifs is 1. The third-order valence-electron chi connectivity index (χ3n) is 4.26. The van der Waals surface area contributed by atoms with E-state index in [2.05, 4.69) is 15.0 Å². The third-order valence-corrected chi connectivity index (χ3v) is 4.26. The minimum absolute atomic E-state index is 0.00101. The fourth-order valence-corrected chi connectivity index (χ4v) is 3.08. The maximum Gasteiger partial charge on any atom is 0.351 e. The molecule has 0 bridgehead atoms. The quantitative estimate of drug-likeness (QED) is 0.873. The van der Waals surface area contributed by atoms with Crippen LogP contribution in [0.15, 0.2) is 23.0 Å². The van der Waals surface area contributed by atoms with Crippen LogP contribution in [0.2, 0.25) is 0 Å². The molecule has 1 saturated heterocycles. The molecule has 0 aliphatic carbocycles. The van der Waals surface area contributed by atoms with Crippen molar-refractivity contribution in [2.24, 2.45) is 0 Å². The number of amides is 1. The summed E-state index contributed by atoms with van der Waals surface area (Å²) in [6.07, 6.45) is 0.961. The van der Waals surface area contributed by atoms with Crippen molar-refractivity contribution in [1.82, 2.24) is 19.9 Å². The predicted octanol–water partition coefficient (Wildman–Crippen LogP) is 0.766. The molecule has 4 rings (SSSR count). The Kier molecular flexibility index (Phi) is 3.75. The van der Waals surface area contributed by atoms with E-state index in [9.17, 15) is 9.59 Å². The van der Waals surface area contributed by atoms with Gasteiger partial charge >= 0.3 is 11.7 Å². The molecule has 3 heterocycles. The lowest BCUT2D eigenvalue weighted by molar-refractivity contribution is -0.129. The Morgan fingerprint density at radius 3 is 2.96 bits per heavy atom. The molecule has 2 aliphatic heterocycles. The summed E-state index contributed by atoms with van der Waals surface area (Å²) < 4.78 is 15.6. The monoisotopic (exact) mass is 344 g/mol. The molecule has 2 aliphatic rings. The molecule has 25 heavy (non-hydrogen) atoms. The first-order valence-corrected chi connectivity index (χ1v) is 7.84. The molecule has 1 amide bonds. The Hall–Kier alpha value is -3.10. The molecule has 1 N–H and O–H groups in total. The number of rotatable bonds is 4. The average Bonchev–Trinajstić information content (AvgIpc) is 3.21. The van der Waals surface area contributed by atoms with Gasteiger partial charge in [0.2, 0.25) is 12.7 Å². The lowest BCUT2D eigenvalue weighted by atomic mass is 10.1. The van der Waals surface area contributed by atoms with E-state index >= 15 is 0 Å². The van der Waals surface area contributed by atoms with Crippen molar-refractivity contribution in [2.45, 2.75) is 25.4 Å². The number of H-pyrrole nitrogens is 1. The van der Waals surface area contributed by atoms with Gasteiger partial charge in [-0.05, 0) is 24.1 Å². The Morgan fingerprint density at radius 2 is 2.12 bits per heavy atom. The number of carbonyl (C=O) groups is 1. The molecule has 130 valence electrons. The van der Waals surface area contributed by atoms with Gasteiger partial charge in [0.05, 0.1) is 13.2 Å². The normalized spacial score (nSPS) is 18.7. The topological polar surface area (TPSA) is 107 Å². The van der Waals surface area contributed by atoms with Crippen molar-refractivity contribution >= 4 is 5.91 Å². The number of likely N-dealkylation sites (tertiary alicyclic amines) is 1. The van der Waals surface area contributed by atoms with Gasteiger partial charge in [-0.25, -0.2) is 4.79 Å². The van der Waals surface area contributed by atoms with E-state index < -0.39 is 5.69 Å². The molecule has 9 nitrogen and oxygen atoms in total. The minimum Gasteiger partial charge on any atom is -0.467 e. The van der Waals surface area contributed by atoms with Crippen LogP contribution in [0.1, 0.15) is 30.3 Å². The first-order valence-electron chi connectivity index (χ1n) is 7.84. The number of aromatic nitrogens is 3. The van der Waals surface area contributed by atoms with Crippen LogP contribution in [0.25, 0.3) is 0 Å². The average molecular weight is 344 g/mol. The van der Waals surface area contributed by atoms with Crippen molar-refractivity contribution in [2.75, 3.05) is 13.9 Å². The Balaban J connectivity index is 1.62. The Labute approximate surface area is 142 Å². The highest BCUT2D eigenvalue weighted by Gasteiger charge is 2.34. The van der Waals surface area contributed by atoms with E-state index in [0.29, 0.717) is 36.7 Å². The van der Waals surface area contributed by atoms with Gasteiger partial charge < -0.3 is 19.1 Å². The lowest BCUT2D eigenvalue weighted by Gasteiger charge is -2.24. The zero-order chi connectivity index (χ0) is 17.4. The van der Waals surface area contributed by atoms with Crippen LogP contribution in [0.5, 0.6) is 17.5 Å². The highest BCUT2D eigenvalue weighted by atomic mass is 16.7. The SMILES string of the molecule is COc1nc(C2CCC(=O)N2Cc2ccc3c(c2)OCO3)[nH]c(=O)n1. The molecule has 1 aromatic heterocycles. The van der Waals surface area contributed by atoms with E-state index in [1.807, 2.05) is 18.2 Å². The van der Waals surface area contributed by atoms with Gasteiger partial charge in [-0.1, -0.05) is 6.07 Å². The van der Waals surface area contributed by atoms with Crippen LogP contribution >= 0.6 is 0 Å². The van der Waals surface area contributed by atoms with Gasteiger partial charge in [-0.2, -0.15) is 4.98 Å². The maximum absolute atomic E-state index is 12.3. The molecule has 2 aromatic rings. The summed E-state index contributed by atoms with van der Waals surface area (Å²) in [5.74, 6) is 1.74. The van der Waals surface area contributed by atoms with Crippen LogP contribution in [-0.4, -0.2) is 39.7 Å². The predicted molar refractivity (Wildman–Crippen MR) is 84.3 cm³/mol. The van der Waals surface area contributed by atoms with Crippen LogP contribution in [-0.2, 0) is 11.3 Å². The lowest BCUT2D eigenvalue weighted by Crippen LogP contribution is -2.30. The number of aromatic amines is 1. The van der Waals surface area contributed by atoms with Crippen LogP contribution < -0.4 is 19.9 Å². The van der Waals surface area contributed by atoms with Crippen LogP contribution in [0.3, 0.4) is 0 Å². The molecule has 1 unspecified atom stereocenters. The van der Waals surface area contributed by atoms with Crippen molar-refractivity contribution < 1.29 is 19.0 Å². The zero-order valence-electron chi connectivity index (χ0n) is 13.5. The van der Waals surface area contributed by atoms with Crippen molar-refractivity contribution in [1.29, 1.82) is 0 Å². The van der Waals surface area contributed by atoms with Crippen LogP contribution in [0.4, 0.5) is 0 Å². The van der Waals surface area contributed by atoms with Crippen molar-refractivity contribution in [3.63, 3.8) is 0 Å².